The molecule has 7 nitrogen and oxygen atoms in total. The highest BCUT2D eigenvalue weighted by molar-refractivity contribution is 5.66. The summed E-state index contributed by atoms with van der Waals surface area (Å²) < 4.78 is 15.5. The number of anilines is 2. The molecule has 0 aliphatic carbocycles. The number of nitrogen functional groups attached to an aromatic ring is 1. The molecule has 0 atom stereocenters. The number of hydrogen-bond donors (Lipinski definition) is 2. The zero-order valence-corrected chi connectivity index (χ0v) is 11.5. The van der Waals surface area contributed by atoms with E-state index in [1.165, 1.54) is 6.33 Å². The Labute approximate surface area is 113 Å². The third-order valence-corrected chi connectivity index (χ3v) is 2.32. The van der Waals surface area contributed by atoms with Gasteiger partial charge in [-0.3, -0.25) is 0 Å². The smallest absolute Gasteiger partial charge is 0.242 e. The number of aromatic nitrogens is 2. The van der Waals surface area contributed by atoms with Gasteiger partial charge in [0, 0.05) is 20.3 Å². The van der Waals surface area contributed by atoms with E-state index in [9.17, 15) is 0 Å². The molecule has 1 heterocycles. The number of hydrogen-bond acceptors (Lipinski definition) is 7. The first-order valence-corrected chi connectivity index (χ1v) is 6.33. The Morgan fingerprint density at radius 1 is 1.26 bits per heavy atom. The molecule has 1 aromatic heterocycles. The number of nitrogens with one attached hydrogen (secondary N) is 1. The van der Waals surface area contributed by atoms with E-state index in [0.717, 1.165) is 13.0 Å². The van der Waals surface area contributed by atoms with Gasteiger partial charge in [-0.15, -0.1) is 0 Å². The molecule has 0 bridgehead atoms. The molecule has 1 aromatic rings. The second kappa shape index (κ2) is 9.35. The van der Waals surface area contributed by atoms with Crippen LogP contribution < -0.4 is 15.8 Å². The Morgan fingerprint density at radius 3 is 2.84 bits per heavy atom. The Kier molecular flexibility index (Phi) is 7.60. The molecule has 0 saturated carbocycles. The molecule has 0 fully saturated rings. The molecule has 3 N–H and O–H groups in total. The van der Waals surface area contributed by atoms with Gasteiger partial charge in [-0.05, 0) is 13.3 Å². The Bertz CT molecular complexity index is 363. The molecule has 0 spiro atoms. The SMILES string of the molecule is CCOc1ncnc(NCCCOCCOC)c1N. The van der Waals surface area contributed by atoms with Crippen molar-refractivity contribution in [1.82, 2.24) is 9.97 Å². The fourth-order valence-corrected chi connectivity index (χ4v) is 1.40. The molecule has 0 unspecified atom stereocenters. The van der Waals surface area contributed by atoms with E-state index in [1.807, 2.05) is 6.92 Å². The van der Waals surface area contributed by atoms with Crippen molar-refractivity contribution in [1.29, 1.82) is 0 Å². The summed E-state index contributed by atoms with van der Waals surface area (Å²) in [4.78, 5) is 8.05. The predicted molar refractivity (Wildman–Crippen MR) is 73.4 cm³/mol. The first-order valence-electron chi connectivity index (χ1n) is 6.33. The molecular formula is C12H22N4O3. The number of methoxy groups -OCH3 is 1. The summed E-state index contributed by atoms with van der Waals surface area (Å²) in [5, 5.41) is 3.14. The normalized spacial score (nSPS) is 10.4. The van der Waals surface area contributed by atoms with Crippen molar-refractivity contribution >= 4 is 11.5 Å². The van der Waals surface area contributed by atoms with Gasteiger partial charge in [0.1, 0.15) is 12.0 Å². The van der Waals surface area contributed by atoms with Gasteiger partial charge in [0.25, 0.3) is 0 Å². The number of ether oxygens (including phenoxy) is 3. The van der Waals surface area contributed by atoms with Crippen molar-refractivity contribution in [3.05, 3.63) is 6.33 Å². The van der Waals surface area contributed by atoms with E-state index >= 15 is 0 Å². The maximum Gasteiger partial charge on any atom is 0.242 e. The zero-order valence-electron chi connectivity index (χ0n) is 11.5. The molecule has 1 rings (SSSR count). The topological polar surface area (TPSA) is 91.5 Å². The van der Waals surface area contributed by atoms with E-state index in [2.05, 4.69) is 15.3 Å². The fourth-order valence-electron chi connectivity index (χ4n) is 1.40. The third kappa shape index (κ3) is 5.71. The van der Waals surface area contributed by atoms with Gasteiger partial charge < -0.3 is 25.3 Å². The lowest BCUT2D eigenvalue weighted by Gasteiger charge is -2.11. The van der Waals surface area contributed by atoms with Crippen molar-refractivity contribution < 1.29 is 14.2 Å². The maximum absolute atomic E-state index is 5.89. The number of nitrogens with zero attached hydrogens (tertiary/aromatic N) is 2. The van der Waals surface area contributed by atoms with Gasteiger partial charge in [0.15, 0.2) is 5.82 Å². The highest BCUT2D eigenvalue weighted by Crippen LogP contribution is 2.24. The van der Waals surface area contributed by atoms with Gasteiger partial charge in [-0.25, -0.2) is 4.98 Å². The minimum atomic E-state index is 0.413. The summed E-state index contributed by atoms with van der Waals surface area (Å²) in [6, 6.07) is 0. The fraction of sp³-hybridized carbons (Fsp3) is 0.667. The van der Waals surface area contributed by atoms with Crippen LogP contribution in [0.2, 0.25) is 0 Å². The molecule has 0 aliphatic rings. The average molecular weight is 270 g/mol. The number of nitrogens with two attached hydrogens (primary N) is 1. The molecule has 0 saturated heterocycles. The largest absolute Gasteiger partial charge is 0.476 e. The van der Waals surface area contributed by atoms with Crippen LogP contribution in [-0.4, -0.2) is 50.1 Å². The van der Waals surface area contributed by atoms with Crippen LogP contribution in [0, 0.1) is 0 Å². The highest BCUT2D eigenvalue weighted by Gasteiger charge is 2.07. The van der Waals surface area contributed by atoms with E-state index in [-0.39, 0.29) is 0 Å². The lowest BCUT2D eigenvalue weighted by molar-refractivity contribution is 0.0705. The third-order valence-electron chi connectivity index (χ3n) is 2.32. The summed E-state index contributed by atoms with van der Waals surface area (Å²) in [6.45, 7) is 5.02. The van der Waals surface area contributed by atoms with Gasteiger partial charge in [0.05, 0.1) is 19.8 Å². The lowest BCUT2D eigenvalue weighted by atomic mass is 10.4. The standard InChI is InChI=1S/C12H22N4O3/c1-3-19-12-10(13)11(15-9-16-12)14-5-4-6-18-8-7-17-2/h9H,3-8,13H2,1-2H3,(H,14,15,16). The summed E-state index contributed by atoms with van der Waals surface area (Å²) in [7, 11) is 1.65. The monoisotopic (exact) mass is 270 g/mol. The molecular weight excluding hydrogens is 248 g/mol. The zero-order chi connectivity index (χ0) is 13.9. The van der Waals surface area contributed by atoms with Crippen molar-refractivity contribution in [3.63, 3.8) is 0 Å². The van der Waals surface area contributed by atoms with Crippen LogP contribution in [0.4, 0.5) is 11.5 Å². The van der Waals surface area contributed by atoms with Gasteiger partial charge in [0.2, 0.25) is 5.88 Å². The van der Waals surface area contributed by atoms with Crippen LogP contribution in [0.5, 0.6) is 5.88 Å². The average Bonchev–Trinajstić information content (AvgIpc) is 2.42. The number of rotatable bonds is 10. The molecule has 108 valence electrons. The summed E-state index contributed by atoms with van der Waals surface area (Å²) in [5.41, 5.74) is 6.32. The maximum atomic E-state index is 5.89. The minimum Gasteiger partial charge on any atom is -0.476 e. The molecule has 0 radical (unpaired) electrons. The van der Waals surface area contributed by atoms with E-state index in [1.54, 1.807) is 7.11 Å². The van der Waals surface area contributed by atoms with Gasteiger partial charge >= 0.3 is 0 Å². The van der Waals surface area contributed by atoms with Crippen LogP contribution in [0.25, 0.3) is 0 Å². The van der Waals surface area contributed by atoms with Crippen LogP contribution >= 0.6 is 0 Å². The van der Waals surface area contributed by atoms with E-state index in [0.29, 0.717) is 43.8 Å². The molecule has 19 heavy (non-hydrogen) atoms. The second-order valence-electron chi connectivity index (χ2n) is 3.76. The molecule has 0 aliphatic heterocycles. The van der Waals surface area contributed by atoms with Crippen LogP contribution in [0.1, 0.15) is 13.3 Å². The minimum absolute atomic E-state index is 0.413. The Morgan fingerprint density at radius 2 is 2.11 bits per heavy atom. The molecule has 0 aromatic carbocycles. The van der Waals surface area contributed by atoms with E-state index in [4.69, 9.17) is 19.9 Å². The van der Waals surface area contributed by atoms with Crippen LogP contribution in [0.3, 0.4) is 0 Å². The van der Waals surface area contributed by atoms with Gasteiger partial charge in [-0.1, -0.05) is 0 Å². The van der Waals surface area contributed by atoms with Gasteiger partial charge in [-0.2, -0.15) is 4.98 Å². The quantitative estimate of drug-likeness (QED) is 0.611. The van der Waals surface area contributed by atoms with E-state index < -0.39 is 0 Å². The highest BCUT2D eigenvalue weighted by atomic mass is 16.5. The molecule has 7 heteroatoms. The van der Waals surface area contributed by atoms with Crippen molar-refractivity contribution in [3.8, 4) is 5.88 Å². The van der Waals surface area contributed by atoms with Crippen LogP contribution in [-0.2, 0) is 9.47 Å². The summed E-state index contributed by atoms with van der Waals surface area (Å²) in [5.74, 6) is 1.01. The molecule has 0 amide bonds. The first kappa shape index (κ1) is 15.5. The van der Waals surface area contributed by atoms with Crippen LogP contribution in [0.15, 0.2) is 6.33 Å². The first-order chi connectivity index (χ1) is 9.29. The lowest BCUT2D eigenvalue weighted by Crippen LogP contribution is -2.11. The summed E-state index contributed by atoms with van der Waals surface area (Å²) >= 11 is 0. The predicted octanol–water partition coefficient (Wildman–Crippen LogP) is 0.922. The summed E-state index contributed by atoms with van der Waals surface area (Å²) in [6.07, 6.45) is 2.29. The van der Waals surface area contributed by atoms with Crippen molar-refractivity contribution in [2.75, 3.05) is 51.1 Å². The van der Waals surface area contributed by atoms with Crippen molar-refractivity contribution in [2.24, 2.45) is 0 Å². The Balaban J connectivity index is 2.27. The Hall–Kier alpha value is -1.60. The van der Waals surface area contributed by atoms with Crippen molar-refractivity contribution in [2.45, 2.75) is 13.3 Å². The second-order valence-corrected chi connectivity index (χ2v) is 3.76.